The van der Waals surface area contributed by atoms with Crippen LogP contribution in [0.1, 0.15) is 32.8 Å². The summed E-state index contributed by atoms with van der Waals surface area (Å²) in [6.07, 6.45) is 0.850. The van der Waals surface area contributed by atoms with E-state index in [1.54, 1.807) is 18.5 Å². The lowest BCUT2D eigenvalue weighted by Crippen LogP contribution is -2.56. The molecule has 0 aromatic heterocycles. The molecule has 0 spiro atoms. The molecule has 0 saturated carbocycles. The molecule has 6 nitrogen and oxygen atoms in total. The number of anilines is 1. The molecule has 194 valence electrons. The van der Waals surface area contributed by atoms with Gasteiger partial charge in [0.2, 0.25) is 7.44 Å². The summed E-state index contributed by atoms with van der Waals surface area (Å²) in [5.74, 6) is -1.49. The first-order valence-corrected chi connectivity index (χ1v) is 14.7. The van der Waals surface area contributed by atoms with Crippen LogP contribution in [0.5, 0.6) is 0 Å². The van der Waals surface area contributed by atoms with Crippen LogP contribution in [-0.4, -0.2) is 24.1 Å². The Kier molecular flexibility index (Phi) is 6.95. The molecule has 1 aliphatic heterocycles. The lowest BCUT2D eigenvalue weighted by Gasteiger charge is -2.47. The molecule has 38 heavy (non-hydrogen) atoms. The number of nitrogens with zero attached hydrogens (tertiary/aromatic N) is 1. The first-order valence-electron chi connectivity index (χ1n) is 12.9. The molecule has 0 radical (unpaired) electrons. The number of carbonyl (C=O) groups is 2. The first kappa shape index (κ1) is 25.9. The molecule has 4 aromatic carbocycles. The van der Waals surface area contributed by atoms with Gasteiger partial charge in [0.05, 0.1) is 0 Å². The van der Waals surface area contributed by atoms with Crippen LogP contribution in [0.15, 0.2) is 97.1 Å². The molecule has 1 saturated heterocycles. The molecule has 4 aromatic rings. The minimum atomic E-state index is -3.54. The van der Waals surface area contributed by atoms with Gasteiger partial charge in [0.15, 0.2) is 5.54 Å². The van der Waals surface area contributed by atoms with Gasteiger partial charge in [0.25, 0.3) is 0 Å². The van der Waals surface area contributed by atoms with Gasteiger partial charge in [-0.1, -0.05) is 91.9 Å². The fourth-order valence-corrected chi connectivity index (χ4v) is 8.42. The highest BCUT2D eigenvalue weighted by Gasteiger charge is 2.54. The highest BCUT2D eigenvalue weighted by molar-refractivity contribution is 7.63. The summed E-state index contributed by atoms with van der Waals surface area (Å²) in [6.45, 7) is 5.22. The Morgan fingerprint density at radius 3 is 2.21 bits per heavy atom. The molecule has 1 aliphatic rings. The Labute approximate surface area is 223 Å². The summed E-state index contributed by atoms with van der Waals surface area (Å²) in [4.78, 5) is 26.9. The maximum absolute atomic E-state index is 15.0. The number of hydrogen-bond acceptors (Lipinski definition) is 4. The summed E-state index contributed by atoms with van der Waals surface area (Å²) in [5.41, 5.74) is 1.70. The second-order valence-corrected chi connectivity index (χ2v) is 12.3. The highest BCUT2D eigenvalue weighted by Crippen LogP contribution is 2.57. The maximum Gasteiger partial charge on any atom is 0.344 e. The zero-order valence-electron chi connectivity index (χ0n) is 21.8. The average molecular weight is 527 g/mol. The van der Waals surface area contributed by atoms with Gasteiger partial charge in [0, 0.05) is 11.8 Å². The highest BCUT2D eigenvalue weighted by atomic mass is 31.2. The standard InChI is InChI=1S/C31H31N2O4P/c1-4-21-38(36)32-22(2)29(34)37-30(35)31(3,28-16-10-14-25-13-8-9-15-27(25)28)33(38)26-19-17-24(18-20-26)23-11-6-5-7-12-23/h5-20,22H,4,21H2,1-3H3,(H,32,36)/t22-,31+,38?/m0/s1. The SMILES string of the molecule is CCCP1(=O)N[C@@H](C)C(=O)OC(=O)[C@@](C)(c2cccc3ccccc23)N1c1ccc(-c2ccccc2)cc1. The molecule has 0 aliphatic carbocycles. The summed E-state index contributed by atoms with van der Waals surface area (Å²) in [5, 5.41) is 4.84. The molecule has 3 atom stereocenters. The van der Waals surface area contributed by atoms with Crippen molar-refractivity contribution in [3.63, 3.8) is 0 Å². The van der Waals surface area contributed by atoms with Crippen LogP contribution in [-0.2, 0) is 24.4 Å². The van der Waals surface area contributed by atoms with Crippen LogP contribution in [0.3, 0.4) is 0 Å². The van der Waals surface area contributed by atoms with Gasteiger partial charge in [-0.25, -0.2) is 14.7 Å². The van der Waals surface area contributed by atoms with E-state index in [1.807, 2.05) is 104 Å². The topological polar surface area (TPSA) is 75.7 Å². The van der Waals surface area contributed by atoms with Gasteiger partial charge in [0.1, 0.15) is 6.04 Å². The quantitative estimate of drug-likeness (QED) is 0.173. The second kappa shape index (κ2) is 10.2. The van der Waals surface area contributed by atoms with E-state index in [-0.39, 0.29) is 6.16 Å². The maximum atomic E-state index is 15.0. The molecule has 0 amide bonds. The smallest absolute Gasteiger partial charge is 0.344 e. The number of nitrogens with one attached hydrogen (secondary N) is 1. The minimum Gasteiger partial charge on any atom is -0.390 e. The Bertz CT molecular complexity index is 1530. The molecule has 7 heteroatoms. The van der Waals surface area contributed by atoms with Gasteiger partial charge in [-0.05, 0) is 59.9 Å². The van der Waals surface area contributed by atoms with E-state index in [9.17, 15) is 14.2 Å². The van der Waals surface area contributed by atoms with Gasteiger partial charge in [-0.3, -0.25) is 9.24 Å². The predicted molar refractivity (Wildman–Crippen MR) is 152 cm³/mol. The third-order valence-corrected chi connectivity index (χ3v) is 10.3. The Hall–Kier alpha value is -3.73. The van der Waals surface area contributed by atoms with Crippen molar-refractivity contribution in [3.8, 4) is 11.1 Å². The molecule has 1 N–H and O–H groups in total. The van der Waals surface area contributed by atoms with E-state index in [0.29, 0.717) is 17.7 Å². The van der Waals surface area contributed by atoms with Crippen LogP contribution in [0, 0.1) is 0 Å². The number of carbonyl (C=O) groups excluding carboxylic acids is 2. The van der Waals surface area contributed by atoms with Crippen molar-refractivity contribution in [3.05, 3.63) is 103 Å². The average Bonchev–Trinajstić information content (AvgIpc) is 2.93. The fraction of sp³-hybridized carbons (Fsp3) is 0.226. The summed E-state index contributed by atoms with van der Waals surface area (Å²) < 4.78 is 22.1. The molecule has 5 rings (SSSR count). The summed E-state index contributed by atoms with van der Waals surface area (Å²) in [7, 11) is -3.54. The zero-order chi connectivity index (χ0) is 26.9. The van der Waals surface area contributed by atoms with Crippen LogP contribution in [0.4, 0.5) is 5.69 Å². The fourth-order valence-electron chi connectivity index (χ4n) is 5.31. The van der Waals surface area contributed by atoms with Gasteiger partial charge < -0.3 is 4.74 Å². The van der Waals surface area contributed by atoms with Crippen molar-refractivity contribution < 1.29 is 18.9 Å². The molecule has 1 fully saturated rings. The molecule has 0 bridgehead atoms. The molecule has 1 heterocycles. The second-order valence-electron chi connectivity index (χ2n) is 9.81. The number of hydrogen-bond donors (Lipinski definition) is 1. The van der Waals surface area contributed by atoms with Gasteiger partial charge in [-0.2, -0.15) is 0 Å². The van der Waals surface area contributed by atoms with Crippen LogP contribution in [0.25, 0.3) is 21.9 Å². The number of esters is 2. The van der Waals surface area contributed by atoms with Crippen LogP contribution < -0.4 is 9.76 Å². The minimum absolute atomic E-state index is 0.263. The Morgan fingerprint density at radius 2 is 1.50 bits per heavy atom. The zero-order valence-corrected chi connectivity index (χ0v) is 22.7. The molecule has 1 unspecified atom stereocenters. The van der Waals surface area contributed by atoms with Crippen molar-refractivity contribution in [2.45, 2.75) is 38.8 Å². The number of ether oxygens (including phenoxy) is 1. The third kappa shape index (κ3) is 4.44. The van der Waals surface area contributed by atoms with E-state index in [1.165, 1.54) is 0 Å². The normalized spacial score (nSPS) is 24.1. The van der Waals surface area contributed by atoms with Gasteiger partial charge in [-0.15, -0.1) is 0 Å². The predicted octanol–water partition coefficient (Wildman–Crippen LogP) is 6.89. The number of benzene rings is 4. The van der Waals surface area contributed by atoms with E-state index >= 15 is 0 Å². The molecular weight excluding hydrogens is 495 g/mol. The van der Waals surface area contributed by atoms with Crippen LogP contribution >= 0.6 is 7.44 Å². The van der Waals surface area contributed by atoms with Crippen molar-refractivity contribution in [2.24, 2.45) is 0 Å². The van der Waals surface area contributed by atoms with Crippen molar-refractivity contribution >= 4 is 35.8 Å². The lowest BCUT2D eigenvalue weighted by atomic mass is 9.87. The molecular formula is C31H31N2O4P. The third-order valence-electron chi connectivity index (χ3n) is 7.15. The Balaban J connectivity index is 1.78. The van der Waals surface area contributed by atoms with Crippen molar-refractivity contribution in [1.29, 1.82) is 0 Å². The van der Waals surface area contributed by atoms with Crippen LogP contribution in [0.2, 0.25) is 0 Å². The number of cyclic esters (lactones) is 2. The summed E-state index contributed by atoms with van der Waals surface area (Å²) >= 11 is 0. The number of fused-ring (bicyclic) bond motifs is 1. The monoisotopic (exact) mass is 526 g/mol. The van der Waals surface area contributed by atoms with E-state index in [0.717, 1.165) is 21.9 Å². The summed E-state index contributed by atoms with van der Waals surface area (Å²) in [6, 6.07) is 30.2. The largest absolute Gasteiger partial charge is 0.390 e. The van der Waals surface area contributed by atoms with E-state index in [4.69, 9.17) is 4.74 Å². The van der Waals surface area contributed by atoms with Gasteiger partial charge >= 0.3 is 11.9 Å². The van der Waals surface area contributed by atoms with Crippen molar-refractivity contribution in [1.82, 2.24) is 5.09 Å². The lowest BCUT2D eigenvalue weighted by molar-refractivity contribution is -0.164. The number of rotatable bonds is 5. The Morgan fingerprint density at radius 1 is 0.868 bits per heavy atom. The van der Waals surface area contributed by atoms with Crippen molar-refractivity contribution in [2.75, 3.05) is 10.8 Å². The van der Waals surface area contributed by atoms with E-state index in [2.05, 4.69) is 5.09 Å². The van der Waals surface area contributed by atoms with E-state index < -0.39 is 31.0 Å². The first-order chi connectivity index (χ1) is 18.3.